The summed E-state index contributed by atoms with van der Waals surface area (Å²) >= 11 is 0. The number of hydrogen-bond donors (Lipinski definition) is 0. The highest BCUT2D eigenvalue weighted by atomic mass is 15.0. The fourth-order valence-electron chi connectivity index (χ4n) is 3.71. The van der Waals surface area contributed by atoms with Gasteiger partial charge in [0.15, 0.2) is 0 Å². The van der Waals surface area contributed by atoms with Crippen LogP contribution in [0.4, 0.5) is 0 Å². The summed E-state index contributed by atoms with van der Waals surface area (Å²) in [4.78, 5) is 0. The number of rotatable bonds is 1. The molecule has 0 radical (unpaired) electrons. The average Bonchev–Trinajstić information content (AvgIpc) is 3.26. The second-order valence-corrected chi connectivity index (χ2v) is 9.57. The van der Waals surface area contributed by atoms with Crippen LogP contribution in [-0.4, -0.2) is 4.57 Å². The minimum Gasteiger partial charge on any atom is -0.337 e. The number of nitrogens with zero attached hydrogens (tertiary/aromatic N) is 1. The molecule has 4 rings (SSSR count). The second-order valence-electron chi connectivity index (χ2n) is 9.57. The number of fused-ring (bicyclic) bond motifs is 3. The van der Waals surface area contributed by atoms with Gasteiger partial charge in [0.1, 0.15) is 0 Å². The molecule has 0 spiro atoms. The van der Waals surface area contributed by atoms with E-state index in [0.29, 0.717) is 6.04 Å². The number of aromatic nitrogens is 1. The molecule has 1 saturated carbocycles. The first-order valence-electron chi connectivity index (χ1n) is 9.25. The molecule has 0 amide bonds. The second kappa shape index (κ2) is 4.88. The number of benzene rings is 2. The lowest BCUT2D eigenvalue weighted by Crippen LogP contribution is -2.10. The van der Waals surface area contributed by atoms with Gasteiger partial charge in [-0.3, -0.25) is 0 Å². The SMILES string of the molecule is CC(C)(C)c1ccc2c(c1)c1cc(C(C)(C)C)ccc1n2C1CC1. The zero-order chi connectivity index (χ0) is 17.3. The molecule has 0 unspecified atom stereocenters. The van der Waals surface area contributed by atoms with Gasteiger partial charge in [0.25, 0.3) is 0 Å². The highest BCUT2D eigenvalue weighted by Gasteiger charge is 2.28. The van der Waals surface area contributed by atoms with E-state index in [-0.39, 0.29) is 10.8 Å². The van der Waals surface area contributed by atoms with Gasteiger partial charge in [-0.15, -0.1) is 0 Å². The van der Waals surface area contributed by atoms with E-state index in [1.807, 2.05) is 0 Å². The maximum Gasteiger partial charge on any atom is 0.0494 e. The van der Waals surface area contributed by atoms with E-state index in [1.54, 1.807) is 0 Å². The molecule has 1 fully saturated rings. The van der Waals surface area contributed by atoms with E-state index in [4.69, 9.17) is 0 Å². The quantitative estimate of drug-likeness (QED) is 0.469. The molecule has 0 N–H and O–H groups in total. The Morgan fingerprint density at radius 2 is 1.12 bits per heavy atom. The van der Waals surface area contributed by atoms with E-state index in [0.717, 1.165) is 0 Å². The van der Waals surface area contributed by atoms with Crippen molar-refractivity contribution in [1.82, 2.24) is 4.57 Å². The third-order valence-corrected chi connectivity index (χ3v) is 5.45. The van der Waals surface area contributed by atoms with Crippen molar-refractivity contribution < 1.29 is 0 Å². The topological polar surface area (TPSA) is 4.93 Å². The maximum absolute atomic E-state index is 2.59. The molecule has 126 valence electrons. The van der Waals surface area contributed by atoms with Crippen molar-refractivity contribution in [1.29, 1.82) is 0 Å². The maximum atomic E-state index is 2.59. The molecule has 0 atom stereocenters. The van der Waals surface area contributed by atoms with Crippen molar-refractivity contribution in [3.05, 3.63) is 47.5 Å². The Kier molecular flexibility index (Phi) is 3.20. The Balaban J connectivity index is 2.07. The Bertz CT molecular complexity index is 853. The van der Waals surface area contributed by atoms with Gasteiger partial charge in [0.2, 0.25) is 0 Å². The van der Waals surface area contributed by atoms with E-state index >= 15 is 0 Å². The summed E-state index contributed by atoms with van der Waals surface area (Å²) in [6.07, 6.45) is 2.64. The molecular formula is C23H29N. The molecule has 1 heterocycles. The van der Waals surface area contributed by atoms with Crippen LogP contribution in [0.25, 0.3) is 21.8 Å². The van der Waals surface area contributed by atoms with Gasteiger partial charge in [-0.25, -0.2) is 0 Å². The highest BCUT2D eigenvalue weighted by Crippen LogP contribution is 2.44. The van der Waals surface area contributed by atoms with Crippen molar-refractivity contribution >= 4 is 21.8 Å². The third kappa shape index (κ3) is 2.46. The van der Waals surface area contributed by atoms with Crippen LogP contribution in [-0.2, 0) is 10.8 Å². The van der Waals surface area contributed by atoms with Gasteiger partial charge < -0.3 is 4.57 Å². The van der Waals surface area contributed by atoms with Gasteiger partial charge in [-0.2, -0.15) is 0 Å². The van der Waals surface area contributed by atoms with Gasteiger partial charge in [0.05, 0.1) is 0 Å². The molecule has 1 nitrogen and oxygen atoms in total. The average molecular weight is 319 g/mol. The summed E-state index contributed by atoms with van der Waals surface area (Å²) in [5.41, 5.74) is 6.03. The van der Waals surface area contributed by atoms with Crippen molar-refractivity contribution in [3.8, 4) is 0 Å². The Labute approximate surface area is 145 Å². The van der Waals surface area contributed by atoms with Crippen molar-refractivity contribution in [2.45, 2.75) is 71.3 Å². The smallest absolute Gasteiger partial charge is 0.0494 e. The molecule has 1 aromatic heterocycles. The van der Waals surface area contributed by atoms with Crippen LogP contribution < -0.4 is 0 Å². The van der Waals surface area contributed by atoms with Crippen molar-refractivity contribution in [3.63, 3.8) is 0 Å². The zero-order valence-electron chi connectivity index (χ0n) is 15.9. The van der Waals surface area contributed by atoms with E-state index in [2.05, 4.69) is 82.5 Å². The van der Waals surface area contributed by atoms with Crippen molar-refractivity contribution in [2.75, 3.05) is 0 Å². The normalized spacial score (nSPS) is 16.2. The lowest BCUT2D eigenvalue weighted by Gasteiger charge is -2.19. The zero-order valence-corrected chi connectivity index (χ0v) is 15.9. The van der Waals surface area contributed by atoms with Gasteiger partial charge in [0, 0.05) is 27.8 Å². The highest BCUT2D eigenvalue weighted by molar-refractivity contribution is 6.08. The molecule has 1 aliphatic rings. The first-order valence-corrected chi connectivity index (χ1v) is 9.25. The summed E-state index contributed by atoms with van der Waals surface area (Å²) in [6.45, 7) is 13.8. The summed E-state index contributed by atoms with van der Waals surface area (Å²) in [5.74, 6) is 0. The molecule has 1 aliphatic carbocycles. The van der Waals surface area contributed by atoms with Crippen LogP contribution in [0.2, 0.25) is 0 Å². The minimum absolute atomic E-state index is 0.184. The number of hydrogen-bond acceptors (Lipinski definition) is 0. The van der Waals surface area contributed by atoms with E-state index < -0.39 is 0 Å². The van der Waals surface area contributed by atoms with E-state index in [9.17, 15) is 0 Å². The summed E-state index contributed by atoms with van der Waals surface area (Å²) in [6, 6.07) is 14.9. The molecule has 3 aromatic rings. The summed E-state index contributed by atoms with van der Waals surface area (Å²) in [7, 11) is 0. The minimum atomic E-state index is 0.184. The van der Waals surface area contributed by atoms with E-state index in [1.165, 1.54) is 45.8 Å². The molecule has 1 heteroatoms. The summed E-state index contributed by atoms with van der Waals surface area (Å²) in [5, 5.41) is 2.85. The van der Waals surface area contributed by atoms with Gasteiger partial charge in [-0.1, -0.05) is 53.7 Å². The van der Waals surface area contributed by atoms with Crippen LogP contribution in [0.5, 0.6) is 0 Å². The lowest BCUT2D eigenvalue weighted by molar-refractivity contribution is 0.590. The molecule has 24 heavy (non-hydrogen) atoms. The van der Waals surface area contributed by atoms with Crippen LogP contribution in [0, 0.1) is 0 Å². The largest absolute Gasteiger partial charge is 0.337 e. The van der Waals surface area contributed by atoms with Crippen molar-refractivity contribution in [2.24, 2.45) is 0 Å². The Hall–Kier alpha value is -1.76. The lowest BCUT2D eigenvalue weighted by atomic mass is 9.85. The molecule has 0 bridgehead atoms. The van der Waals surface area contributed by atoms with Crippen LogP contribution in [0.15, 0.2) is 36.4 Å². The monoisotopic (exact) mass is 319 g/mol. The standard InChI is InChI=1S/C23H29N/c1-22(2,3)15-7-11-20-18(13-15)19-14-16(23(4,5)6)8-12-21(19)24(20)17-9-10-17/h7-8,11-14,17H,9-10H2,1-6H3. The fraction of sp³-hybridized carbons (Fsp3) is 0.478. The molecular weight excluding hydrogens is 290 g/mol. The van der Waals surface area contributed by atoms with Crippen LogP contribution in [0.3, 0.4) is 0 Å². The predicted octanol–water partition coefficient (Wildman–Crippen LogP) is 6.72. The first kappa shape index (κ1) is 15.7. The Morgan fingerprint density at radius 3 is 1.46 bits per heavy atom. The third-order valence-electron chi connectivity index (χ3n) is 5.45. The fourth-order valence-corrected chi connectivity index (χ4v) is 3.71. The Morgan fingerprint density at radius 1 is 0.708 bits per heavy atom. The summed E-state index contributed by atoms with van der Waals surface area (Å²) < 4.78 is 2.59. The predicted molar refractivity (Wildman–Crippen MR) is 105 cm³/mol. The van der Waals surface area contributed by atoms with Crippen LogP contribution in [0.1, 0.15) is 71.6 Å². The van der Waals surface area contributed by atoms with Gasteiger partial charge >= 0.3 is 0 Å². The first-order chi connectivity index (χ1) is 11.2. The van der Waals surface area contributed by atoms with Crippen LogP contribution >= 0.6 is 0 Å². The molecule has 0 saturated heterocycles. The molecule has 0 aliphatic heterocycles. The van der Waals surface area contributed by atoms with Gasteiger partial charge in [-0.05, 0) is 59.1 Å². The molecule has 2 aromatic carbocycles.